The van der Waals surface area contributed by atoms with E-state index in [2.05, 4.69) is 55.5 Å². The maximum Gasteiger partial charge on any atom is 0.306 e. The summed E-state index contributed by atoms with van der Waals surface area (Å²) in [6, 6.07) is 0. The minimum absolute atomic E-state index is 0.152. The standard InChI is InChI=1S/C36H60O10/c1-3-5-6-7-8-9-10-11-12-13-14-15-16-17-18-19-20-21-22-23-24-25-32(39)45-29(27-43-31(38)4-2)28-44-36-35(42)34(41)33(40)30(26-37)46-36/h5-6,8-9,11-12,14-15,29-30,33-37,40-42H,3-4,7,10,13,16-28H2,1-2H3/b6-5-,9-8-,12-11-,15-14-. The Balaban J connectivity index is 2.16. The fourth-order valence-corrected chi connectivity index (χ4v) is 4.75. The Morgan fingerprint density at radius 2 is 1.26 bits per heavy atom. The molecule has 4 N–H and O–H groups in total. The van der Waals surface area contributed by atoms with Gasteiger partial charge in [-0.1, -0.05) is 101 Å². The van der Waals surface area contributed by atoms with Gasteiger partial charge >= 0.3 is 11.9 Å². The van der Waals surface area contributed by atoms with Gasteiger partial charge in [0.15, 0.2) is 12.4 Å². The minimum Gasteiger partial charge on any atom is -0.462 e. The molecule has 264 valence electrons. The van der Waals surface area contributed by atoms with Gasteiger partial charge < -0.3 is 39.4 Å². The van der Waals surface area contributed by atoms with Crippen LogP contribution in [-0.2, 0) is 28.5 Å². The molecule has 0 bridgehead atoms. The summed E-state index contributed by atoms with van der Waals surface area (Å²) >= 11 is 0. The lowest BCUT2D eigenvalue weighted by molar-refractivity contribution is -0.305. The largest absolute Gasteiger partial charge is 0.462 e. The van der Waals surface area contributed by atoms with Crippen molar-refractivity contribution in [3.8, 4) is 0 Å². The third kappa shape index (κ3) is 20.0. The van der Waals surface area contributed by atoms with Crippen molar-refractivity contribution < 1.29 is 49.0 Å². The zero-order chi connectivity index (χ0) is 33.8. The fraction of sp³-hybridized carbons (Fsp3) is 0.722. The normalized spacial score (nSPS) is 22.8. The number of hydrogen-bond donors (Lipinski definition) is 4. The Bertz CT molecular complexity index is 897. The van der Waals surface area contributed by atoms with Gasteiger partial charge in [-0.25, -0.2) is 0 Å². The number of esters is 2. The lowest BCUT2D eigenvalue weighted by Gasteiger charge is -2.39. The average molecular weight is 653 g/mol. The monoisotopic (exact) mass is 652 g/mol. The second kappa shape index (κ2) is 27.7. The molecule has 1 saturated heterocycles. The molecule has 6 unspecified atom stereocenters. The highest BCUT2D eigenvalue weighted by Gasteiger charge is 2.44. The van der Waals surface area contributed by atoms with Gasteiger partial charge in [0.25, 0.3) is 0 Å². The average Bonchev–Trinajstić information content (AvgIpc) is 3.06. The molecule has 1 rings (SSSR count). The van der Waals surface area contributed by atoms with Crippen molar-refractivity contribution >= 4 is 11.9 Å². The van der Waals surface area contributed by atoms with Crippen LogP contribution in [-0.4, -0.2) is 89.0 Å². The fourth-order valence-electron chi connectivity index (χ4n) is 4.75. The Morgan fingerprint density at radius 1 is 0.696 bits per heavy atom. The van der Waals surface area contributed by atoms with E-state index in [-0.39, 0.29) is 26.1 Å². The van der Waals surface area contributed by atoms with Gasteiger partial charge in [0.2, 0.25) is 0 Å². The maximum atomic E-state index is 12.5. The number of aliphatic hydroxyl groups excluding tert-OH is 4. The Labute approximate surface area is 276 Å². The molecule has 0 amide bonds. The number of rotatable bonds is 26. The van der Waals surface area contributed by atoms with Crippen LogP contribution >= 0.6 is 0 Å². The molecule has 46 heavy (non-hydrogen) atoms. The predicted molar refractivity (Wildman–Crippen MR) is 178 cm³/mol. The number of aliphatic hydroxyl groups is 4. The predicted octanol–water partition coefficient (Wildman–Crippen LogP) is 5.37. The number of carbonyl (C=O) groups excluding carboxylic acids is 2. The van der Waals surface area contributed by atoms with Crippen molar-refractivity contribution in [3.63, 3.8) is 0 Å². The van der Waals surface area contributed by atoms with Crippen LogP contribution in [0.15, 0.2) is 48.6 Å². The van der Waals surface area contributed by atoms with E-state index in [1.165, 1.54) is 25.7 Å². The van der Waals surface area contributed by atoms with Gasteiger partial charge in [-0.15, -0.1) is 0 Å². The molecule has 0 aromatic carbocycles. The molecule has 6 atom stereocenters. The zero-order valence-electron chi connectivity index (χ0n) is 28.0. The zero-order valence-corrected chi connectivity index (χ0v) is 28.0. The summed E-state index contributed by atoms with van der Waals surface area (Å²) in [6.07, 6.45) is 23.7. The Morgan fingerprint density at radius 3 is 1.85 bits per heavy atom. The smallest absolute Gasteiger partial charge is 0.306 e. The summed E-state index contributed by atoms with van der Waals surface area (Å²) in [4.78, 5) is 24.1. The van der Waals surface area contributed by atoms with Crippen LogP contribution in [0.4, 0.5) is 0 Å². The Kier molecular flexibility index (Phi) is 25.1. The van der Waals surface area contributed by atoms with Crippen LogP contribution in [0.25, 0.3) is 0 Å². The molecule has 0 saturated carbocycles. The van der Waals surface area contributed by atoms with E-state index in [0.717, 1.165) is 51.4 Å². The van der Waals surface area contributed by atoms with Crippen molar-refractivity contribution in [1.82, 2.24) is 0 Å². The van der Waals surface area contributed by atoms with E-state index < -0.39 is 55.4 Å². The number of ether oxygens (including phenoxy) is 4. The summed E-state index contributed by atoms with van der Waals surface area (Å²) in [7, 11) is 0. The van der Waals surface area contributed by atoms with Crippen LogP contribution in [0.5, 0.6) is 0 Å². The topological polar surface area (TPSA) is 152 Å². The first-order valence-corrected chi connectivity index (χ1v) is 17.2. The minimum atomic E-state index is -1.59. The molecular formula is C36H60O10. The number of unbranched alkanes of at least 4 members (excludes halogenated alkanes) is 8. The van der Waals surface area contributed by atoms with Gasteiger partial charge in [0.1, 0.15) is 31.0 Å². The van der Waals surface area contributed by atoms with Crippen LogP contribution in [0.1, 0.15) is 110 Å². The van der Waals surface area contributed by atoms with Crippen LogP contribution in [0.3, 0.4) is 0 Å². The van der Waals surface area contributed by atoms with Gasteiger partial charge in [0.05, 0.1) is 13.2 Å². The quantitative estimate of drug-likeness (QED) is 0.0545. The summed E-state index contributed by atoms with van der Waals surface area (Å²) < 4.78 is 21.4. The van der Waals surface area contributed by atoms with Crippen molar-refractivity contribution in [2.45, 2.75) is 147 Å². The van der Waals surface area contributed by atoms with Crippen molar-refractivity contribution in [2.75, 3.05) is 19.8 Å². The van der Waals surface area contributed by atoms with Gasteiger partial charge in [-0.2, -0.15) is 0 Å². The SMILES string of the molecule is CC/C=C\C/C=C\C/C=C\C/C=C\CCCCCCCCCCC(=O)OC(COC(=O)CC)COC1OC(CO)C(O)C(O)C1O. The molecule has 0 aliphatic carbocycles. The second-order valence-electron chi connectivity index (χ2n) is 11.5. The highest BCUT2D eigenvalue weighted by atomic mass is 16.7. The highest BCUT2D eigenvalue weighted by molar-refractivity contribution is 5.70. The summed E-state index contributed by atoms with van der Waals surface area (Å²) in [6.45, 7) is 2.67. The van der Waals surface area contributed by atoms with Gasteiger partial charge in [0, 0.05) is 12.8 Å². The summed E-state index contributed by atoms with van der Waals surface area (Å²) in [5.74, 6) is -0.922. The first-order valence-electron chi connectivity index (χ1n) is 17.2. The van der Waals surface area contributed by atoms with E-state index in [1.807, 2.05) is 0 Å². The Hall–Kier alpha value is -2.34. The van der Waals surface area contributed by atoms with Crippen molar-refractivity contribution in [1.29, 1.82) is 0 Å². The molecule has 10 nitrogen and oxygen atoms in total. The second-order valence-corrected chi connectivity index (χ2v) is 11.5. The summed E-state index contributed by atoms with van der Waals surface area (Å²) in [5.41, 5.74) is 0. The van der Waals surface area contributed by atoms with Crippen molar-refractivity contribution in [3.05, 3.63) is 48.6 Å². The molecular weight excluding hydrogens is 592 g/mol. The lowest BCUT2D eigenvalue weighted by Crippen LogP contribution is -2.59. The first-order chi connectivity index (χ1) is 22.3. The third-order valence-electron chi connectivity index (χ3n) is 7.53. The van der Waals surface area contributed by atoms with Crippen LogP contribution in [0, 0.1) is 0 Å². The molecule has 1 aliphatic heterocycles. The van der Waals surface area contributed by atoms with Gasteiger partial charge in [-0.05, 0) is 44.9 Å². The van der Waals surface area contributed by atoms with Crippen LogP contribution in [0.2, 0.25) is 0 Å². The van der Waals surface area contributed by atoms with E-state index in [9.17, 15) is 30.0 Å². The van der Waals surface area contributed by atoms with E-state index >= 15 is 0 Å². The number of carbonyl (C=O) groups is 2. The molecule has 10 heteroatoms. The third-order valence-corrected chi connectivity index (χ3v) is 7.53. The molecule has 0 aromatic rings. The number of allylic oxidation sites excluding steroid dienone is 8. The molecule has 0 aromatic heterocycles. The first kappa shape index (κ1) is 41.7. The van der Waals surface area contributed by atoms with E-state index in [1.54, 1.807) is 6.92 Å². The maximum absolute atomic E-state index is 12.5. The van der Waals surface area contributed by atoms with Gasteiger partial charge in [-0.3, -0.25) is 9.59 Å². The van der Waals surface area contributed by atoms with E-state index in [4.69, 9.17) is 18.9 Å². The molecule has 1 heterocycles. The molecule has 1 aliphatic rings. The van der Waals surface area contributed by atoms with Crippen molar-refractivity contribution in [2.24, 2.45) is 0 Å². The summed E-state index contributed by atoms with van der Waals surface area (Å²) in [5, 5.41) is 39.4. The lowest BCUT2D eigenvalue weighted by atomic mass is 9.99. The van der Waals surface area contributed by atoms with Crippen LogP contribution < -0.4 is 0 Å². The number of hydrogen-bond acceptors (Lipinski definition) is 10. The molecule has 0 radical (unpaired) electrons. The molecule has 1 fully saturated rings. The highest BCUT2D eigenvalue weighted by Crippen LogP contribution is 2.22. The molecule has 0 spiro atoms. The van der Waals surface area contributed by atoms with E-state index in [0.29, 0.717) is 6.42 Å².